The predicted molar refractivity (Wildman–Crippen MR) is 98.3 cm³/mol. The summed E-state index contributed by atoms with van der Waals surface area (Å²) in [6, 6.07) is 11.7. The molecular weight excluding hydrogens is 331 g/mol. The maximum absolute atomic E-state index is 13.1. The second kappa shape index (κ2) is 7.96. The van der Waals surface area contributed by atoms with E-state index in [9.17, 15) is 9.18 Å². The highest BCUT2D eigenvalue weighted by Crippen LogP contribution is 2.26. The van der Waals surface area contributed by atoms with Gasteiger partial charge >= 0.3 is 0 Å². The number of hydrogen-bond donors (Lipinski definition) is 0. The van der Waals surface area contributed by atoms with Crippen molar-refractivity contribution < 1.29 is 9.18 Å². The molecule has 2 aromatic rings. The van der Waals surface area contributed by atoms with Crippen LogP contribution in [0.4, 0.5) is 15.9 Å². The molecule has 6 heteroatoms. The summed E-state index contributed by atoms with van der Waals surface area (Å²) in [4.78, 5) is 21.1. The molecule has 0 saturated carbocycles. The van der Waals surface area contributed by atoms with E-state index in [-0.39, 0.29) is 17.6 Å². The molecule has 0 radical (unpaired) electrons. The first-order valence-electron chi connectivity index (χ1n) is 8.80. The molecule has 26 heavy (non-hydrogen) atoms. The molecule has 5 nitrogen and oxygen atoms in total. The maximum atomic E-state index is 13.1. The first-order chi connectivity index (χ1) is 12.6. The average molecular weight is 352 g/mol. The molecule has 0 atom stereocenters. The van der Waals surface area contributed by atoms with Crippen LogP contribution in [-0.2, 0) is 4.79 Å². The smallest absolute Gasteiger partial charge is 0.230 e. The normalized spacial score (nSPS) is 14.7. The second-order valence-corrected chi connectivity index (χ2v) is 6.34. The molecule has 1 saturated heterocycles. The number of carbonyl (C=O) groups excluding carboxylic acids is 1. The molecule has 1 aromatic carbocycles. The Balaban J connectivity index is 1.63. The van der Waals surface area contributed by atoms with Gasteiger partial charge in [0.15, 0.2) is 0 Å². The number of anilines is 2. The number of piperidine rings is 1. The van der Waals surface area contributed by atoms with Crippen molar-refractivity contribution in [2.24, 2.45) is 5.92 Å². The lowest BCUT2D eigenvalue weighted by atomic mass is 9.95. The van der Waals surface area contributed by atoms with Crippen molar-refractivity contribution in [1.82, 2.24) is 4.98 Å². The lowest BCUT2D eigenvalue weighted by Gasteiger charge is -2.34. The zero-order chi connectivity index (χ0) is 18.5. The van der Waals surface area contributed by atoms with Crippen molar-refractivity contribution in [3.63, 3.8) is 0 Å². The maximum Gasteiger partial charge on any atom is 0.230 e. The van der Waals surface area contributed by atoms with Crippen molar-refractivity contribution in [3.05, 3.63) is 54.0 Å². The van der Waals surface area contributed by atoms with Crippen LogP contribution in [0.2, 0.25) is 0 Å². The van der Waals surface area contributed by atoms with Gasteiger partial charge in [0.05, 0.1) is 5.56 Å². The zero-order valence-electron chi connectivity index (χ0n) is 14.7. The van der Waals surface area contributed by atoms with E-state index in [0.29, 0.717) is 12.1 Å². The molecule has 2 heterocycles. The van der Waals surface area contributed by atoms with E-state index in [4.69, 9.17) is 5.26 Å². The summed E-state index contributed by atoms with van der Waals surface area (Å²) < 4.78 is 13.1. The van der Waals surface area contributed by atoms with Crippen LogP contribution < -0.4 is 9.80 Å². The van der Waals surface area contributed by atoms with Gasteiger partial charge in [0.25, 0.3) is 0 Å². The van der Waals surface area contributed by atoms with E-state index in [1.54, 1.807) is 29.3 Å². The van der Waals surface area contributed by atoms with Crippen molar-refractivity contribution in [1.29, 1.82) is 5.26 Å². The molecule has 0 unspecified atom stereocenters. The SMILES string of the molecule is CCN(C(=O)C1CCN(c2ccc(C#N)cn2)CC1)c1ccc(F)cc1. The summed E-state index contributed by atoms with van der Waals surface area (Å²) in [5.74, 6) is 0.572. The fourth-order valence-corrected chi connectivity index (χ4v) is 3.30. The minimum absolute atomic E-state index is 0.0466. The van der Waals surface area contributed by atoms with Crippen LogP contribution in [0.5, 0.6) is 0 Å². The molecule has 1 aromatic heterocycles. The molecule has 1 fully saturated rings. The summed E-state index contributed by atoms with van der Waals surface area (Å²) in [5.41, 5.74) is 1.27. The number of halogens is 1. The van der Waals surface area contributed by atoms with Crippen LogP contribution in [0.1, 0.15) is 25.3 Å². The van der Waals surface area contributed by atoms with E-state index in [1.165, 1.54) is 12.1 Å². The molecule has 1 aliphatic heterocycles. The number of pyridine rings is 1. The molecule has 134 valence electrons. The van der Waals surface area contributed by atoms with Gasteiger partial charge in [0.2, 0.25) is 5.91 Å². The monoisotopic (exact) mass is 352 g/mol. The quantitative estimate of drug-likeness (QED) is 0.846. The van der Waals surface area contributed by atoms with Gasteiger partial charge in [-0.1, -0.05) is 0 Å². The van der Waals surface area contributed by atoms with Crippen molar-refractivity contribution in [2.45, 2.75) is 19.8 Å². The Morgan fingerprint density at radius 3 is 2.50 bits per heavy atom. The Bertz CT molecular complexity index is 790. The molecule has 0 N–H and O–H groups in total. The Hall–Kier alpha value is -2.94. The summed E-state index contributed by atoms with van der Waals surface area (Å²) in [7, 11) is 0. The summed E-state index contributed by atoms with van der Waals surface area (Å²) in [6.07, 6.45) is 3.07. The van der Waals surface area contributed by atoms with Crippen LogP contribution in [0.15, 0.2) is 42.6 Å². The Kier molecular flexibility index (Phi) is 5.47. The summed E-state index contributed by atoms with van der Waals surface area (Å²) in [5, 5.41) is 8.85. The number of aromatic nitrogens is 1. The zero-order valence-corrected chi connectivity index (χ0v) is 14.7. The van der Waals surface area contributed by atoms with Crippen LogP contribution >= 0.6 is 0 Å². The van der Waals surface area contributed by atoms with Gasteiger partial charge < -0.3 is 9.80 Å². The largest absolute Gasteiger partial charge is 0.357 e. The van der Waals surface area contributed by atoms with Gasteiger partial charge in [-0.15, -0.1) is 0 Å². The topological polar surface area (TPSA) is 60.2 Å². The van der Waals surface area contributed by atoms with Gasteiger partial charge in [-0.2, -0.15) is 5.26 Å². The van der Waals surface area contributed by atoms with Gasteiger partial charge in [-0.3, -0.25) is 4.79 Å². The van der Waals surface area contributed by atoms with Gasteiger partial charge in [-0.05, 0) is 56.2 Å². The second-order valence-electron chi connectivity index (χ2n) is 6.34. The fourth-order valence-electron chi connectivity index (χ4n) is 3.30. The van der Waals surface area contributed by atoms with Crippen molar-refractivity contribution >= 4 is 17.4 Å². The predicted octanol–water partition coefficient (Wildman–Crippen LogP) is 3.36. The minimum atomic E-state index is -0.305. The highest BCUT2D eigenvalue weighted by Gasteiger charge is 2.29. The fraction of sp³-hybridized carbons (Fsp3) is 0.350. The standard InChI is InChI=1S/C20H21FN4O/c1-2-25(18-6-4-17(21)5-7-18)20(26)16-9-11-24(12-10-16)19-8-3-15(13-22)14-23-19/h3-8,14,16H,2,9-12H2,1H3. The lowest BCUT2D eigenvalue weighted by molar-refractivity contribution is -0.122. The first kappa shape index (κ1) is 17.9. The molecule has 3 rings (SSSR count). The van der Waals surface area contributed by atoms with Crippen molar-refractivity contribution in [3.8, 4) is 6.07 Å². The number of hydrogen-bond acceptors (Lipinski definition) is 4. The molecule has 0 bridgehead atoms. The van der Waals surface area contributed by atoms with E-state index in [1.807, 2.05) is 13.0 Å². The third-order valence-corrected chi connectivity index (χ3v) is 4.77. The minimum Gasteiger partial charge on any atom is -0.357 e. The Morgan fingerprint density at radius 2 is 1.96 bits per heavy atom. The van der Waals surface area contributed by atoms with Crippen LogP contribution in [-0.4, -0.2) is 30.5 Å². The van der Waals surface area contributed by atoms with E-state index in [0.717, 1.165) is 37.4 Å². The number of amides is 1. The van der Waals surface area contributed by atoms with Crippen LogP contribution in [0.25, 0.3) is 0 Å². The number of nitrogens with zero attached hydrogens (tertiary/aromatic N) is 4. The molecule has 0 aliphatic carbocycles. The van der Waals surface area contributed by atoms with Gasteiger partial charge in [-0.25, -0.2) is 9.37 Å². The molecule has 1 amide bonds. The number of benzene rings is 1. The average Bonchev–Trinajstić information content (AvgIpc) is 2.70. The molecule has 1 aliphatic rings. The highest BCUT2D eigenvalue weighted by atomic mass is 19.1. The number of rotatable bonds is 4. The number of carbonyl (C=O) groups is 1. The van der Waals surface area contributed by atoms with E-state index in [2.05, 4.69) is 16.0 Å². The van der Waals surface area contributed by atoms with Crippen molar-refractivity contribution in [2.75, 3.05) is 29.4 Å². The van der Waals surface area contributed by atoms with E-state index < -0.39 is 0 Å². The molecular formula is C20H21FN4O. The van der Waals surface area contributed by atoms with Crippen LogP contribution in [0.3, 0.4) is 0 Å². The Labute approximate surface area is 152 Å². The summed E-state index contributed by atoms with van der Waals surface area (Å²) in [6.45, 7) is 3.98. The van der Waals surface area contributed by atoms with Gasteiger partial charge in [0, 0.05) is 37.4 Å². The first-order valence-corrected chi connectivity index (χ1v) is 8.80. The third kappa shape index (κ3) is 3.83. The number of nitriles is 1. The summed E-state index contributed by atoms with van der Waals surface area (Å²) >= 11 is 0. The Morgan fingerprint density at radius 1 is 1.27 bits per heavy atom. The van der Waals surface area contributed by atoms with E-state index >= 15 is 0 Å². The highest BCUT2D eigenvalue weighted by molar-refractivity contribution is 5.95. The van der Waals surface area contributed by atoms with Crippen LogP contribution in [0, 0.1) is 23.1 Å². The lowest BCUT2D eigenvalue weighted by Crippen LogP contribution is -2.43. The third-order valence-electron chi connectivity index (χ3n) is 4.77. The molecule has 0 spiro atoms. The van der Waals surface area contributed by atoms with Gasteiger partial charge in [0.1, 0.15) is 17.7 Å².